The smallest absolute Gasteiger partial charge is 0.0701 e. The highest BCUT2D eigenvalue weighted by Gasteiger charge is 2.14. The molecule has 0 saturated carbocycles. The molecule has 0 aliphatic heterocycles. The van der Waals surface area contributed by atoms with Crippen LogP contribution in [-0.4, -0.2) is 0 Å². The van der Waals surface area contributed by atoms with Gasteiger partial charge in [-0.15, -0.1) is 11.3 Å². The van der Waals surface area contributed by atoms with Crippen LogP contribution in [0, 0.1) is 5.92 Å². The fraction of sp³-hybridized carbons (Fsp3) is 0.692. The van der Waals surface area contributed by atoms with Gasteiger partial charge in [0.2, 0.25) is 0 Å². The maximum absolute atomic E-state index is 6.24. The van der Waals surface area contributed by atoms with Crippen molar-refractivity contribution in [2.24, 2.45) is 11.7 Å². The second-order valence-corrected chi connectivity index (χ2v) is 6.73. The minimum atomic E-state index is 0.212. The molecule has 2 atom stereocenters. The standard InChI is InChI=1S/C13H22BrNS/c1-3-5-6-10(4-2)7-12(15)11-8-13(14)16-9-11/h8-10,12H,3-7,15H2,1-2H3. The Balaban J connectivity index is 2.45. The number of nitrogens with two attached hydrogens (primary N) is 1. The average molecular weight is 304 g/mol. The van der Waals surface area contributed by atoms with Crippen molar-refractivity contribution in [1.29, 1.82) is 0 Å². The van der Waals surface area contributed by atoms with Gasteiger partial charge in [0.05, 0.1) is 3.79 Å². The van der Waals surface area contributed by atoms with E-state index in [2.05, 4.69) is 41.2 Å². The van der Waals surface area contributed by atoms with Crippen LogP contribution in [-0.2, 0) is 0 Å². The summed E-state index contributed by atoms with van der Waals surface area (Å²) < 4.78 is 1.18. The Bertz CT molecular complexity index is 298. The predicted octanol–water partition coefficient (Wildman–Crippen LogP) is 5.12. The predicted molar refractivity (Wildman–Crippen MR) is 76.9 cm³/mol. The molecule has 1 nitrogen and oxygen atoms in total. The first-order chi connectivity index (χ1) is 7.67. The van der Waals surface area contributed by atoms with E-state index >= 15 is 0 Å². The molecular formula is C13H22BrNS. The van der Waals surface area contributed by atoms with Crippen molar-refractivity contribution in [3.05, 3.63) is 20.8 Å². The molecular weight excluding hydrogens is 282 g/mol. The summed E-state index contributed by atoms with van der Waals surface area (Å²) in [6, 6.07) is 2.37. The lowest BCUT2D eigenvalue weighted by molar-refractivity contribution is 0.389. The van der Waals surface area contributed by atoms with Gasteiger partial charge in [-0.25, -0.2) is 0 Å². The molecule has 2 unspecified atom stereocenters. The molecule has 0 amide bonds. The molecule has 0 fully saturated rings. The molecule has 3 heteroatoms. The van der Waals surface area contributed by atoms with Crippen LogP contribution in [0.3, 0.4) is 0 Å². The molecule has 1 aromatic rings. The second kappa shape index (κ2) is 7.46. The Labute approximate surface area is 112 Å². The fourth-order valence-electron chi connectivity index (χ4n) is 1.99. The van der Waals surface area contributed by atoms with Crippen molar-refractivity contribution in [3.8, 4) is 0 Å². The van der Waals surface area contributed by atoms with Crippen LogP contribution in [0.25, 0.3) is 0 Å². The van der Waals surface area contributed by atoms with Crippen LogP contribution in [0.5, 0.6) is 0 Å². The van der Waals surface area contributed by atoms with Crippen LogP contribution in [0.1, 0.15) is 57.6 Å². The lowest BCUT2D eigenvalue weighted by Gasteiger charge is -2.18. The fourth-order valence-corrected chi connectivity index (χ4v) is 3.23. The zero-order chi connectivity index (χ0) is 12.0. The zero-order valence-electron chi connectivity index (χ0n) is 10.2. The van der Waals surface area contributed by atoms with Gasteiger partial charge in [0, 0.05) is 6.04 Å². The van der Waals surface area contributed by atoms with E-state index in [0.29, 0.717) is 0 Å². The number of halogens is 1. The summed E-state index contributed by atoms with van der Waals surface area (Å²) in [7, 11) is 0. The molecule has 0 radical (unpaired) electrons. The van der Waals surface area contributed by atoms with Crippen LogP contribution >= 0.6 is 27.3 Å². The SMILES string of the molecule is CCCCC(CC)CC(N)c1csc(Br)c1. The topological polar surface area (TPSA) is 26.0 Å². The summed E-state index contributed by atoms with van der Waals surface area (Å²) in [5, 5.41) is 2.17. The number of rotatable bonds is 7. The van der Waals surface area contributed by atoms with Gasteiger partial charge in [-0.2, -0.15) is 0 Å². The second-order valence-electron chi connectivity index (χ2n) is 4.44. The van der Waals surface area contributed by atoms with Crippen molar-refractivity contribution >= 4 is 27.3 Å². The first-order valence-corrected chi connectivity index (χ1v) is 7.84. The van der Waals surface area contributed by atoms with E-state index in [1.807, 2.05) is 0 Å². The molecule has 0 aliphatic rings. The first kappa shape index (κ1) is 14.2. The highest BCUT2D eigenvalue weighted by atomic mass is 79.9. The Hall–Kier alpha value is 0.140. The molecule has 0 bridgehead atoms. The molecule has 1 rings (SSSR count). The molecule has 0 saturated heterocycles. The van der Waals surface area contributed by atoms with Crippen molar-refractivity contribution in [1.82, 2.24) is 0 Å². The Morgan fingerprint density at radius 2 is 2.19 bits per heavy atom. The number of hydrogen-bond acceptors (Lipinski definition) is 2. The molecule has 1 heterocycles. The number of thiophene rings is 1. The molecule has 0 spiro atoms. The van der Waals surface area contributed by atoms with E-state index in [-0.39, 0.29) is 6.04 Å². The Morgan fingerprint density at radius 1 is 1.44 bits per heavy atom. The third kappa shape index (κ3) is 4.56. The van der Waals surface area contributed by atoms with Gasteiger partial charge >= 0.3 is 0 Å². The lowest BCUT2D eigenvalue weighted by atomic mass is 9.90. The Morgan fingerprint density at radius 3 is 2.69 bits per heavy atom. The molecule has 92 valence electrons. The lowest BCUT2D eigenvalue weighted by Crippen LogP contribution is -2.14. The minimum Gasteiger partial charge on any atom is -0.324 e. The summed E-state index contributed by atoms with van der Waals surface area (Å²) in [6.07, 6.45) is 6.32. The van der Waals surface area contributed by atoms with Crippen LogP contribution in [0.4, 0.5) is 0 Å². The van der Waals surface area contributed by atoms with Gasteiger partial charge < -0.3 is 5.73 Å². The summed E-state index contributed by atoms with van der Waals surface area (Å²) in [5.41, 5.74) is 7.53. The molecule has 16 heavy (non-hydrogen) atoms. The maximum atomic E-state index is 6.24. The van der Waals surface area contributed by atoms with E-state index in [0.717, 1.165) is 12.3 Å². The highest BCUT2D eigenvalue weighted by Crippen LogP contribution is 2.29. The zero-order valence-corrected chi connectivity index (χ0v) is 12.6. The maximum Gasteiger partial charge on any atom is 0.0701 e. The normalized spacial score (nSPS) is 15.0. The summed E-state index contributed by atoms with van der Waals surface area (Å²) in [6.45, 7) is 4.53. The van der Waals surface area contributed by atoms with E-state index in [4.69, 9.17) is 5.73 Å². The molecule has 0 aromatic carbocycles. The molecule has 1 aromatic heterocycles. The van der Waals surface area contributed by atoms with Crippen molar-refractivity contribution in [3.63, 3.8) is 0 Å². The minimum absolute atomic E-state index is 0.212. The van der Waals surface area contributed by atoms with Crippen molar-refractivity contribution < 1.29 is 0 Å². The third-order valence-corrected chi connectivity index (χ3v) is 4.67. The van der Waals surface area contributed by atoms with Gasteiger partial charge in [-0.05, 0) is 45.3 Å². The first-order valence-electron chi connectivity index (χ1n) is 6.16. The summed E-state index contributed by atoms with van der Waals surface area (Å²) in [4.78, 5) is 0. The molecule has 0 aliphatic carbocycles. The third-order valence-electron chi connectivity index (χ3n) is 3.15. The van der Waals surface area contributed by atoms with Crippen LogP contribution in [0.2, 0.25) is 0 Å². The van der Waals surface area contributed by atoms with Crippen LogP contribution in [0.15, 0.2) is 15.2 Å². The highest BCUT2D eigenvalue weighted by molar-refractivity contribution is 9.11. The number of unbranched alkanes of at least 4 members (excludes halogenated alkanes) is 1. The van der Waals surface area contributed by atoms with E-state index in [9.17, 15) is 0 Å². The average Bonchev–Trinajstić information content (AvgIpc) is 2.70. The van der Waals surface area contributed by atoms with Crippen LogP contribution < -0.4 is 5.73 Å². The van der Waals surface area contributed by atoms with Gasteiger partial charge in [0.1, 0.15) is 0 Å². The van der Waals surface area contributed by atoms with Gasteiger partial charge in [-0.1, -0.05) is 39.5 Å². The van der Waals surface area contributed by atoms with E-state index < -0.39 is 0 Å². The number of hydrogen-bond donors (Lipinski definition) is 1. The molecule has 2 N–H and O–H groups in total. The Kier molecular flexibility index (Phi) is 6.62. The van der Waals surface area contributed by atoms with Gasteiger partial charge in [0.25, 0.3) is 0 Å². The van der Waals surface area contributed by atoms with Gasteiger partial charge in [-0.3, -0.25) is 0 Å². The summed E-state index contributed by atoms with van der Waals surface area (Å²) >= 11 is 5.21. The van der Waals surface area contributed by atoms with Crippen molar-refractivity contribution in [2.45, 2.75) is 52.0 Å². The van der Waals surface area contributed by atoms with E-state index in [1.54, 1.807) is 11.3 Å². The van der Waals surface area contributed by atoms with E-state index in [1.165, 1.54) is 35.0 Å². The van der Waals surface area contributed by atoms with Crippen molar-refractivity contribution in [2.75, 3.05) is 0 Å². The summed E-state index contributed by atoms with van der Waals surface area (Å²) in [5.74, 6) is 0.786. The van der Waals surface area contributed by atoms with Gasteiger partial charge in [0.15, 0.2) is 0 Å². The largest absolute Gasteiger partial charge is 0.324 e. The quantitative estimate of drug-likeness (QED) is 0.743. The monoisotopic (exact) mass is 303 g/mol.